The summed E-state index contributed by atoms with van der Waals surface area (Å²) in [5, 5.41) is 10.1. The third kappa shape index (κ3) is 3.88. The molecular weight excluding hydrogens is 380 g/mol. The summed E-state index contributed by atoms with van der Waals surface area (Å²) in [7, 11) is -2.30. The Morgan fingerprint density at radius 1 is 1.18 bits per heavy atom. The number of fused-ring (bicyclic) bond motifs is 1. The second kappa shape index (κ2) is 7.65. The molecule has 3 rings (SSSR count). The minimum Gasteiger partial charge on any atom is -0.478 e. The van der Waals surface area contributed by atoms with Gasteiger partial charge in [0.2, 0.25) is 0 Å². The monoisotopic (exact) mass is 402 g/mol. The van der Waals surface area contributed by atoms with Crippen molar-refractivity contribution >= 4 is 32.6 Å². The number of aromatic carboxylic acids is 1. The highest BCUT2D eigenvalue weighted by atomic mass is 32.2. The van der Waals surface area contributed by atoms with Gasteiger partial charge in [-0.1, -0.05) is 0 Å². The topological polar surface area (TPSA) is 97.6 Å². The average molecular weight is 402 g/mol. The molecule has 0 aliphatic carbocycles. The van der Waals surface area contributed by atoms with Crippen LogP contribution in [0.15, 0.2) is 47.5 Å². The van der Waals surface area contributed by atoms with Crippen LogP contribution >= 0.6 is 0 Å². The van der Waals surface area contributed by atoms with E-state index in [2.05, 4.69) is 4.72 Å². The molecule has 148 valence electrons. The molecule has 0 saturated carbocycles. The van der Waals surface area contributed by atoms with Gasteiger partial charge in [0.15, 0.2) is 0 Å². The number of carbonyl (C=O) groups is 1. The summed E-state index contributed by atoms with van der Waals surface area (Å²) in [6, 6.07) is 9.84. The maximum atomic E-state index is 12.9. The number of aromatic nitrogens is 1. The first-order chi connectivity index (χ1) is 13.2. The number of methoxy groups -OCH3 is 1. The molecule has 1 aromatic heterocycles. The molecule has 0 spiro atoms. The summed E-state index contributed by atoms with van der Waals surface area (Å²) in [4.78, 5) is 11.3. The SMILES string of the molecule is COCCn1ccc2cc(NS(=O)(=O)c3cc(C(=O)O)cc(C)c3C)ccc21. The largest absolute Gasteiger partial charge is 0.478 e. The van der Waals surface area contributed by atoms with Gasteiger partial charge in [-0.15, -0.1) is 0 Å². The third-order valence-corrected chi connectivity index (χ3v) is 6.22. The number of nitrogens with one attached hydrogen (secondary N) is 1. The predicted octanol–water partition coefficient (Wildman–Crippen LogP) is 3.40. The second-order valence-electron chi connectivity index (χ2n) is 6.60. The zero-order valence-corrected chi connectivity index (χ0v) is 16.7. The van der Waals surface area contributed by atoms with Crippen LogP contribution in [0, 0.1) is 13.8 Å². The Morgan fingerprint density at radius 3 is 2.61 bits per heavy atom. The van der Waals surface area contributed by atoms with Crippen LogP contribution in [0.5, 0.6) is 0 Å². The Hall–Kier alpha value is -2.84. The van der Waals surface area contributed by atoms with Crippen LogP contribution in [0.1, 0.15) is 21.5 Å². The highest BCUT2D eigenvalue weighted by molar-refractivity contribution is 7.92. The number of nitrogens with zero attached hydrogens (tertiary/aromatic N) is 1. The van der Waals surface area contributed by atoms with Crippen molar-refractivity contribution in [1.29, 1.82) is 0 Å². The first-order valence-corrected chi connectivity index (χ1v) is 10.2. The van der Waals surface area contributed by atoms with E-state index in [1.807, 2.05) is 22.9 Å². The molecule has 7 nitrogen and oxygen atoms in total. The Morgan fingerprint density at radius 2 is 1.93 bits per heavy atom. The van der Waals surface area contributed by atoms with Crippen LogP contribution in [0.2, 0.25) is 0 Å². The first-order valence-electron chi connectivity index (χ1n) is 8.68. The van der Waals surface area contributed by atoms with Crippen molar-refractivity contribution in [3.63, 3.8) is 0 Å². The number of aryl methyl sites for hydroxylation is 1. The zero-order valence-electron chi connectivity index (χ0n) is 15.9. The maximum Gasteiger partial charge on any atom is 0.335 e. The van der Waals surface area contributed by atoms with E-state index >= 15 is 0 Å². The van der Waals surface area contributed by atoms with E-state index in [-0.39, 0.29) is 10.5 Å². The molecule has 3 aromatic rings. The van der Waals surface area contributed by atoms with Crippen molar-refractivity contribution in [2.24, 2.45) is 0 Å². The standard InChI is InChI=1S/C20H22N2O5S/c1-13-10-16(20(23)24)12-19(14(13)2)28(25,26)21-17-4-5-18-15(11-17)6-7-22(18)8-9-27-3/h4-7,10-12,21H,8-9H2,1-3H3,(H,23,24). The summed E-state index contributed by atoms with van der Waals surface area (Å²) < 4.78 is 35.5. The summed E-state index contributed by atoms with van der Waals surface area (Å²) in [5.74, 6) is -1.17. The lowest BCUT2D eigenvalue weighted by Crippen LogP contribution is -2.16. The van der Waals surface area contributed by atoms with Crippen molar-refractivity contribution in [2.45, 2.75) is 25.3 Å². The van der Waals surface area contributed by atoms with E-state index in [0.29, 0.717) is 30.0 Å². The van der Waals surface area contributed by atoms with Gasteiger partial charge in [-0.2, -0.15) is 0 Å². The van der Waals surface area contributed by atoms with Gasteiger partial charge in [0.25, 0.3) is 10.0 Å². The summed E-state index contributed by atoms with van der Waals surface area (Å²) in [6.45, 7) is 4.63. The number of hydrogen-bond acceptors (Lipinski definition) is 4. The molecule has 1 heterocycles. The highest BCUT2D eigenvalue weighted by Crippen LogP contribution is 2.26. The van der Waals surface area contributed by atoms with Crippen LogP contribution in [0.4, 0.5) is 5.69 Å². The van der Waals surface area contributed by atoms with Gasteiger partial charge in [-0.05, 0) is 61.4 Å². The number of hydrogen-bond donors (Lipinski definition) is 2. The van der Waals surface area contributed by atoms with Crippen LogP contribution in [-0.4, -0.2) is 37.8 Å². The highest BCUT2D eigenvalue weighted by Gasteiger charge is 2.21. The first kappa shape index (κ1) is 19.9. The van der Waals surface area contributed by atoms with Crippen LogP contribution < -0.4 is 4.72 Å². The molecule has 0 aliphatic rings. The number of carboxylic acids is 1. The summed E-state index contributed by atoms with van der Waals surface area (Å²) >= 11 is 0. The summed E-state index contributed by atoms with van der Waals surface area (Å²) in [5.41, 5.74) is 2.44. The Balaban J connectivity index is 1.96. The van der Waals surface area contributed by atoms with Crippen molar-refractivity contribution in [3.8, 4) is 0 Å². The predicted molar refractivity (Wildman–Crippen MR) is 107 cm³/mol. The number of rotatable bonds is 7. The van der Waals surface area contributed by atoms with Gasteiger partial charge in [-0.25, -0.2) is 13.2 Å². The molecule has 0 atom stereocenters. The van der Waals surface area contributed by atoms with E-state index < -0.39 is 16.0 Å². The Labute approximate surface area is 163 Å². The Kier molecular flexibility index (Phi) is 5.44. The van der Waals surface area contributed by atoms with Gasteiger partial charge >= 0.3 is 5.97 Å². The number of sulfonamides is 1. The normalized spacial score (nSPS) is 11.7. The number of anilines is 1. The lowest BCUT2D eigenvalue weighted by Gasteiger charge is -2.13. The van der Waals surface area contributed by atoms with Crippen molar-refractivity contribution in [2.75, 3.05) is 18.4 Å². The molecule has 0 bridgehead atoms. The number of benzene rings is 2. The van der Waals surface area contributed by atoms with Crippen LogP contribution in [-0.2, 0) is 21.3 Å². The van der Waals surface area contributed by atoms with Gasteiger partial charge in [0, 0.05) is 36.4 Å². The molecule has 0 fully saturated rings. The second-order valence-corrected chi connectivity index (χ2v) is 8.25. The summed E-state index contributed by atoms with van der Waals surface area (Å²) in [6.07, 6.45) is 1.92. The molecule has 2 N–H and O–H groups in total. The van der Waals surface area contributed by atoms with Gasteiger partial charge in [0.1, 0.15) is 0 Å². The minimum absolute atomic E-state index is 0.0392. The minimum atomic E-state index is -3.94. The van der Waals surface area contributed by atoms with Gasteiger partial charge in [-0.3, -0.25) is 4.72 Å². The molecular formula is C20H22N2O5S. The molecule has 8 heteroatoms. The van der Waals surface area contributed by atoms with E-state index in [1.165, 1.54) is 12.1 Å². The molecule has 2 aromatic carbocycles. The molecule has 0 unspecified atom stereocenters. The fourth-order valence-electron chi connectivity index (χ4n) is 3.09. The Bertz CT molecular complexity index is 1150. The number of ether oxygens (including phenoxy) is 1. The third-order valence-electron chi connectivity index (χ3n) is 4.72. The smallest absolute Gasteiger partial charge is 0.335 e. The van der Waals surface area contributed by atoms with Crippen molar-refractivity contribution in [3.05, 3.63) is 59.3 Å². The zero-order chi connectivity index (χ0) is 20.5. The lowest BCUT2D eigenvalue weighted by molar-refractivity contribution is 0.0696. The van der Waals surface area contributed by atoms with E-state index in [4.69, 9.17) is 4.74 Å². The fourth-order valence-corrected chi connectivity index (χ4v) is 4.48. The average Bonchev–Trinajstić information content (AvgIpc) is 3.03. The fraction of sp³-hybridized carbons (Fsp3) is 0.250. The van der Waals surface area contributed by atoms with E-state index in [1.54, 1.807) is 33.1 Å². The van der Waals surface area contributed by atoms with E-state index in [9.17, 15) is 18.3 Å². The van der Waals surface area contributed by atoms with Crippen LogP contribution in [0.25, 0.3) is 10.9 Å². The van der Waals surface area contributed by atoms with Gasteiger partial charge in [0.05, 0.1) is 17.1 Å². The molecule has 28 heavy (non-hydrogen) atoms. The lowest BCUT2D eigenvalue weighted by atomic mass is 10.1. The van der Waals surface area contributed by atoms with Gasteiger partial charge < -0.3 is 14.4 Å². The maximum absolute atomic E-state index is 12.9. The molecule has 0 saturated heterocycles. The quantitative estimate of drug-likeness (QED) is 0.631. The molecule has 0 aliphatic heterocycles. The number of carboxylic acid groups (broad SMARTS) is 1. The molecule has 0 radical (unpaired) electrons. The molecule has 0 amide bonds. The van der Waals surface area contributed by atoms with Crippen molar-refractivity contribution in [1.82, 2.24) is 4.57 Å². The van der Waals surface area contributed by atoms with Crippen molar-refractivity contribution < 1.29 is 23.1 Å². The van der Waals surface area contributed by atoms with Crippen LogP contribution in [0.3, 0.4) is 0 Å². The van der Waals surface area contributed by atoms with E-state index in [0.717, 1.165) is 10.9 Å².